The fraction of sp³-hybridized carbons (Fsp3) is 0.200. The monoisotopic (exact) mass is 267 g/mol. The molecule has 0 saturated heterocycles. The summed E-state index contributed by atoms with van der Waals surface area (Å²) in [6, 6.07) is 11.0. The van der Waals surface area contributed by atoms with E-state index in [0.29, 0.717) is 6.04 Å². The molecule has 0 amide bonds. The first kappa shape index (κ1) is 10.9. The van der Waals surface area contributed by atoms with E-state index >= 15 is 0 Å². The highest BCUT2D eigenvalue weighted by Gasteiger charge is 2.23. The summed E-state index contributed by atoms with van der Waals surface area (Å²) in [6.45, 7) is 0. The Morgan fingerprint density at radius 3 is 2.74 bits per heavy atom. The van der Waals surface area contributed by atoms with Crippen molar-refractivity contribution in [2.75, 3.05) is 5.32 Å². The number of nitrogens with one attached hydrogen (secondary N) is 1. The molecular formula is C15H13N3S. The van der Waals surface area contributed by atoms with Crippen LogP contribution in [0.15, 0.2) is 42.0 Å². The van der Waals surface area contributed by atoms with Crippen LogP contribution < -0.4 is 5.32 Å². The molecule has 3 nitrogen and oxygen atoms in total. The van der Waals surface area contributed by atoms with Crippen molar-refractivity contribution in [3.05, 3.63) is 42.0 Å². The lowest BCUT2D eigenvalue weighted by Crippen LogP contribution is -2.03. The zero-order valence-electron chi connectivity index (χ0n) is 10.3. The van der Waals surface area contributed by atoms with Crippen LogP contribution in [0.25, 0.3) is 21.3 Å². The molecule has 1 aromatic carbocycles. The van der Waals surface area contributed by atoms with Crippen LogP contribution in [0.4, 0.5) is 5.82 Å². The van der Waals surface area contributed by atoms with E-state index in [1.807, 2.05) is 6.07 Å². The summed E-state index contributed by atoms with van der Waals surface area (Å²) in [7, 11) is 0. The highest BCUT2D eigenvalue weighted by Crippen LogP contribution is 2.37. The maximum atomic E-state index is 4.43. The van der Waals surface area contributed by atoms with Crippen molar-refractivity contribution in [3.63, 3.8) is 0 Å². The Labute approximate surface area is 115 Å². The summed E-state index contributed by atoms with van der Waals surface area (Å²) >= 11 is 1.68. The molecule has 0 aliphatic heterocycles. The summed E-state index contributed by atoms with van der Waals surface area (Å²) in [4.78, 5) is 9.87. The van der Waals surface area contributed by atoms with Crippen LogP contribution in [0.5, 0.6) is 0 Å². The Morgan fingerprint density at radius 1 is 1.11 bits per heavy atom. The van der Waals surface area contributed by atoms with Gasteiger partial charge in [-0.3, -0.25) is 0 Å². The van der Waals surface area contributed by atoms with E-state index in [2.05, 4.69) is 44.9 Å². The molecule has 0 radical (unpaired) electrons. The topological polar surface area (TPSA) is 37.8 Å². The number of benzene rings is 1. The molecule has 1 saturated carbocycles. The van der Waals surface area contributed by atoms with E-state index in [4.69, 9.17) is 0 Å². The number of nitrogens with zero attached hydrogens (tertiary/aromatic N) is 2. The molecule has 4 heteroatoms. The van der Waals surface area contributed by atoms with E-state index in [1.54, 1.807) is 17.7 Å². The lowest BCUT2D eigenvalue weighted by Gasteiger charge is -2.06. The lowest BCUT2D eigenvalue weighted by molar-refractivity contribution is 1.11. The molecule has 0 spiro atoms. The zero-order valence-corrected chi connectivity index (χ0v) is 11.2. The number of fused-ring (bicyclic) bond motifs is 1. The zero-order chi connectivity index (χ0) is 12.7. The molecule has 1 aliphatic carbocycles. The van der Waals surface area contributed by atoms with Crippen LogP contribution in [0.3, 0.4) is 0 Å². The molecule has 1 fully saturated rings. The quantitative estimate of drug-likeness (QED) is 0.781. The fourth-order valence-electron chi connectivity index (χ4n) is 2.24. The van der Waals surface area contributed by atoms with Crippen molar-refractivity contribution in [3.8, 4) is 11.1 Å². The normalized spacial score (nSPS) is 14.7. The second-order valence-corrected chi connectivity index (χ2v) is 5.69. The predicted octanol–water partition coefficient (Wildman–Crippen LogP) is 3.93. The van der Waals surface area contributed by atoms with Crippen molar-refractivity contribution in [2.45, 2.75) is 18.9 Å². The summed E-state index contributed by atoms with van der Waals surface area (Å²) in [5.74, 6) is 0.979. The predicted molar refractivity (Wildman–Crippen MR) is 79.5 cm³/mol. The van der Waals surface area contributed by atoms with E-state index in [9.17, 15) is 0 Å². The van der Waals surface area contributed by atoms with Gasteiger partial charge in [-0.1, -0.05) is 30.3 Å². The molecule has 2 heterocycles. The van der Waals surface area contributed by atoms with Crippen molar-refractivity contribution < 1.29 is 0 Å². The van der Waals surface area contributed by atoms with Gasteiger partial charge in [0.05, 0.1) is 5.39 Å². The minimum Gasteiger partial charge on any atom is -0.367 e. The van der Waals surface area contributed by atoms with Crippen molar-refractivity contribution in [1.29, 1.82) is 0 Å². The van der Waals surface area contributed by atoms with Gasteiger partial charge in [0.15, 0.2) is 0 Å². The van der Waals surface area contributed by atoms with E-state index in [-0.39, 0.29) is 0 Å². The fourth-order valence-corrected chi connectivity index (χ4v) is 3.15. The molecule has 4 rings (SSSR count). The van der Waals surface area contributed by atoms with Gasteiger partial charge in [0.1, 0.15) is 17.0 Å². The van der Waals surface area contributed by atoms with Gasteiger partial charge >= 0.3 is 0 Å². The number of hydrogen-bond donors (Lipinski definition) is 1. The third kappa shape index (κ3) is 1.98. The summed E-state index contributed by atoms with van der Waals surface area (Å²) < 4.78 is 0. The highest BCUT2D eigenvalue weighted by atomic mass is 32.1. The summed E-state index contributed by atoms with van der Waals surface area (Å²) in [5, 5.41) is 6.84. The third-order valence-corrected chi connectivity index (χ3v) is 4.26. The lowest BCUT2D eigenvalue weighted by atomic mass is 10.1. The van der Waals surface area contributed by atoms with Crippen molar-refractivity contribution in [2.24, 2.45) is 0 Å². The highest BCUT2D eigenvalue weighted by molar-refractivity contribution is 7.17. The summed E-state index contributed by atoms with van der Waals surface area (Å²) in [6.07, 6.45) is 4.14. The number of anilines is 1. The van der Waals surface area contributed by atoms with Crippen LogP contribution in [0.2, 0.25) is 0 Å². The number of thiophene rings is 1. The maximum absolute atomic E-state index is 4.43. The second-order valence-electron chi connectivity index (χ2n) is 4.84. The SMILES string of the molecule is c1ccc(-c2csc3ncnc(NC4CC4)c23)cc1. The van der Waals surface area contributed by atoms with E-state index in [1.165, 1.54) is 24.0 Å². The van der Waals surface area contributed by atoms with Gasteiger partial charge in [-0.15, -0.1) is 11.3 Å². The van der Waals surface area contributed by atoms with Crippen molar-refractivity contribution >= 4 is 27.4 Å². The standard InChI is InChI=1S/C15H13N3S/c1-2-4-10(5-3-1)12-8-19-15-13(12)14(16-9-17-15)18-11-6-7-11/h1-5,8-9,11H,6-7H2,(H,16,17,18). The van der Waals surface area contributed by atoms with Crippen molar-refractivity contribution in [1.82, 2.24) is 9.97 Å². The first-order valence-corrected chi connectivity index (χ1v) is 7.34. The minimum absolute atomic E-state index is 0.599. The van der Waals surface area contributed by atoms with Gasteiger partial charge < -0.3 is 5.32 Å². The molecule has 1 N–H and O–H groups in total. The minimum atomic E-state index is 0.599. The van der Waals surface area contributed by atoms with Gasteiger partial charge in [-0.05, 0) is 18.4 Å². The summed E-state index contributed by atoms with van der Waals surface area (Å²) in [5.41, 5.74) is 2.45. The van der Waals surface area contributed by atoms with Gasteiger partial charge in [0.2, 0.25) is 0 Å². The first-order valence-electron chi connectivity index (χ1n) is 6.46. The molecule has 1 aliphatic rings. The molecule has 2 aromatic heterocycles. The number of hydrogen-bond acceptors (Lipinski definition) is 4. The smallest absolute Gasteiger partial charge is 0.139 e. The Hall–Kier alpha value is -1.94. The van der Waals surface area contributed by atoms with Gasteiger partial charge in [0.25, 0.3) is 0 Å². The molecule has 0 unspecified atom stereocenters. The molecule has 94 valence electrons. The van der Waals surface area contributed by atoms with Crippen LogP contribution in [-0.2, 0) is 0 Å². The van der Waals surface area contributed by atoms with Crippen LogP contribution in [0.1, 0.15) is 12.8 Å². The van der Waals surface area contributed by atoms with Crippen LogP contribution in [0, 0.1) is 0 Å². The van der Waals surface area contributed by atoms with Gasteiger partial charge in [-0.2, -0.15) is 0 Å². The molecule has 0 bridgehead atoms. The average Bonchev–Trinajstić information content (AvgIpc) is 3.16. The van der Waals surface area contributed by atoms with E-state index < -0.39 is 0 Å². The third-order valence-electron chi connectivity index (χ3n) is 3.37. The van der Waals surface area contributed by atoms with Crippen LogP contribution >= 0.6 is 11.3 Å². The Balaban J connectivity index is 1.91. The largest absolute Gasteiger partial charge is 0.367 e. The van der Waals surface area contributed by atoms with Crippen LogP contribution in [-0.4, -0.2) is 16.0 Å². The molecule has 19 heavy (non-hydrogen) atoms. The Kier molecular flexibility index (Phi) is 2.48. The Bertz CT molecular complexity index is 717. The molecular weight excluding hydrogens is 254 g/mol. The number of aromatic nitrogens is 2. The van der Waals surface area contributed by atoms with E-state index in [0.717, 1.165) is 16.0 Å². The Morgan fingerprint density at radius 2 is 1.95 bits per heavy atom. The first-order chi connectivity index (χ1) is 9.42. The molecule has 0 atom stereocenters. The average molecular weight is 267 g/mol. The number of rotatable bonds is 3. The maximum Gasteiger partial charge on any atom is 0.139 e. The molecule has 3 aromatic rings. The second kappa shape index (κ2) is 4.31. The van der Waals surface area contributed by atoms with Gasteiger partial charge in [-0.25, -0.2) is 9.97 Å². The van der Waals surface area contributed by atoms with Gasteiger partial charge in [0, 0.05) is 17.0 Å².